The number of aliphatic imine (C=N–C) groups is 2. The number of hydrogen-bond donors (Lipinski definition) is 1. The van der Waals surface area contributed by atoms with Crippen LogP contribution in [0.2, 0.25) is 0 Å². The van der Waals surface area contributed by atoms with Crippen LogP contribution in [-0.4, -0.2) is 71.0 Å². The number of nitrogens with zero attached hydrogens (tertiary/aromatic N) is 5. The van der Waals surface area contributed by atoms with E-state index in [1.165, 1.54) is 38.4 Å². The van der Waals surface area contributed by atoms with Crippen LogP contribution >= 0.6 is 0 Å². The van der Waals surface area contributed by atoms with Crippen LogP contribution in [0.4, 0.5) is 0 Å². The second-order valence-corrected chi connectivity index (χ2v) is 8.17. The summed E-state index contributed by atoms with van der Waals surface area (Å²) in [7, 11) is 0. The Balaban J connectivity index is 1.20. The average Bonchev–Trinajstić information content (AvgIpc) is 3.49. The summed E-state index contributed by atoms with van der Waals surface area (Å²) in [6.45, 7) is 1.27. The van der Waals surface area contributed by atoms with Crippen LogP contribution < -0.4 is 5.32 Å². The summed E-state index contributed by atoms with van der Waals surface area (Å²) in [5, 5.41) is 11.7. The van der Waals surface area contributed by atoms with Crippen molar-refractivity contribution >= 4 is 18.0 Å². The molecule has 9 heteroatoms. The first-order valence-electron chi connectivity index (χ1n) is 10.3. The van der Waals surface area contributed by atoms with E-state index < -0.39 is 0 Å². The van der Waals surface area contributed by atoms with Gasteiger partial charge in [0.2, 0.25) is 0 Å². The molecule has 1 aromatic rings. The quantitative estimate of drug-likeness (QED) is 0.803. The molecule has 5 rings (SSSR count). The third-order valence-electron chi connectivity index (χ3n) is 6.26. The summed E-state index contributed by atoms with van der Waals surface area (Å²) in [5.74, 6) is 0.533. The van der Waals surface area contributed by atoms with Crippen LogP contribution in [0.1, 0.15) is 43.8 Å². The average molecular weight is 386 g/mol. The molecule has 0 aromatic carbocycles. The minimum Gasteiger partial charge on any atom is -0.371 e. The van der Waals surface area contributed by atoms with Gasteiger partial charge >= 0.3 is 0 Å². The highest BCUT2D eigenvalue weighted by Gasteiger charge is 2.49. The highest BCUT2D eigenvalue weighted by Crippen LogP contribution is 2.34. The van der Waals surface area contributed by atoms with E-state index in [9.17, 15) is 4.79 Å². The lowest BCUT2D eigenvalue weighted by Gasteiger charge is -2.20. The molecule has 0 bridgehead atoms. The molecule has 1 aliphatic carbocycles. The molecule has 3 fully saturated rings. The smallest absolute Gasteiger partial charge is 0.268 e. The molecule has 1 N–H and O–H groups in total. The lowest BCUT2D eigenvalue weighted by Crippen LogP contribution is -2.46. The van der Waals surface area contributed by atoms with Gasteiger partial charge < -0.3 is 14.8 Å². The number of nitrogens with one attached hydrogen (secondary N) is 1. The van der Waals surface area contributed by atoms with Gasteiger partial charge in [0.25, 0.3) is 5.91 Å². The van der Waals surface area contributed by atoms with E-state index >= 15 is 0 Å². The highest BCUT2D eigenvalue weighted by atomic mass is 16.6. The fraction of sp³-hybridized carbons (Fsp3) is 0.737. The minimum absolute atomic E-state index is 0.00772. The number of ether oxygens (including phenoxy) is 2. The predicted molar refractivity (Wildman–Crippen MR) is 102 cm³/mol. The molecule has 2 saturated heterocycles. The molecule has 3 aliphatic heterocycles. The number of carbonyl (C=O) groups excluding carboxylic acids is 1. The molecule has 1 amide bonds. The molecular formula is C19H26N6O3. The highest BCUT2D eigenvalue weighted by molar-refractivity contribution is 6.41. The summed E-state index contributed by atoms with van der Waals surface area (Å²) in [6.07, 6.45) is 10.8. The Kier molecular flexibility index (Phi) is 4.94. The van der Waals surface area contributed by atoms with Crippen LogP contribution in [-0.2, 0) is 20.7 Å². The molecule has 1 saturated carbocycles. The predicted octanol–water partition coefficient (Wildman–Crippen LogP) is 0.707. The second kappa shape index (κ2) is 7.71. The second-order valence-electron chi connectivity index (χ2n) is 8.17. The van der Waals surface area contributed by atoms with Gasteiger partial charge in [0, 0.05) is 6.20 Å². The van der Waals surface area contributed by atoms with Gasteiger partial charge in [-0.3, -0.25) is 9.79 Å². The topological polar surface area (TPSA) is 103 Å². The Morgan fingerprint density at radius 3 is 2.86 bits per heavy atom. The first-order valence-corrected chi connectivity index (χ1v) is 10.3. The molecule has 0 radical (unpaired) electrons. The van der Waals surface area contributed by atoms with Crippen molar-refractivity contribution in [2.24, 2.45) is 15.9 Å². The first-order chi connectivity index (χ1) is 13.8. The molecular weight excluding hydrogens is 360 g/mol. The molecule has 150 valence electrons. The number of rotatable bonds is 5. The Morgan fingerprint density at radius 2 is 2.04 bits per heavy atom. The van der Waals surface area contributed by atoms with Crippen molar-refractivity contribution in [2.45, 2.75) is 62.8 Å². The Bertz CT molecular complexity index is 784. The van der Waals surface area contributed by atoms with Gasteiger partial charge in [-0.05, 0) is 12.3 Å². The molecule has 28 heavy (non-hydrogen) atoms. The fourth-order valence-electron chi connectivity index (χ4n) is 4.75. The lowest BCUT2D eigenvalue weighted by molar-refractivity contribution is -0.116. The van der Waals surface area contributed by atoms with Crippen molar-refractivity contribution in [3.8, 4) is 0 Å². The Labute approximate surface area is 163 Å². The van der Waals surface area contributed by atoms with E-state index in [0.29, 0.717) is 25.5 Å². The monoisotopic (exact) mass is 386 g/mol. The third kappa shape index (κ3) is 3.48. The van der Waals surface area contributed by atoms with Gasteiger partial charge in [-0.1, -0.05) is 37.3 Å². The van der Waals surface area contributed by atoms with Crippen LogP contribution in [0.15, 0.2) is 16.2 Å². The zero-order valence-electron chi connectivity index (χ0n) is 15.9. The van der Waals surface area contributed by atoms with Gasteiger partial charge in [-0.2, -0.15) is 0 Å². The van der Waals surface area contributed by atoms with Crippen LogP contribution in [0.5, 0.6) is 0 Å². The molecule has 4 heterocycles. The van der Waals surface area contributed by atoms with Crippen molar-refractivity contribution in [1.82, 2.24) is 20.3 Å². The number of carbonyl (C=O) groups is 1. The number of amides is 1. The van der Waals surface area contributed by atoms with E-state index in [0.717, 1.165) is 18.0 Å². The van der Waals surface area contributed by atoms with E-state index in [-0.39, 0.29) is 30.2 Å². The van der Waals surface area contributed by atoms with Crippen molar-refractivity contribution in [2.75, 3.05) is 19.8 Å². The van der Waals surface area contributed by atoms with Crippen LogP contribution in [0.25, 0.3) is 0 Å². The Hall–Kier alpha value is -2.13. The Morgan fingerprint density at radius 1 is 1.18 bits per heavy atom. The van der Waals surface area contributed by atoms with Crippen molar-refractivity contribution < 1.29 is 14.3 Å². The maximum Gasteiger partial charge on any atom is 0.268 e. The summed E-state index contributed by atoms with van der Waals surface area (Å²) in [6, 6.07) is -0.192. The van der Waals surface area contributed by atoms with Crippen LogP contribution in [0, 0.1) is 5.92 Å². The summed E-state index contributed by atoms with van der Waals surface area (Å²) >= 11 is 0. The number of fused-ring (bicyclic) bond motifs is 1. The van der Waals surface area contributed by atoms with Gasteiger partial charge in [0.05, 0.1) is 31.5 Å². The van der Waals surface area contributed by atoms with Gasteiger partial charge in [0.1, 0.15) is 30.3 Å². The summed E-state index contributed by atoms with van der Waals surface area (Å²) in [5.41, 5.74) is 1.49. The zero-order chi connectivity index (χ0) is 18.9. The molecule has 0 spiro atoms. The van der Waals surface area contributed by atoms with Gasteiger partial charge in [-0.25, -0.2) is 9.67 Å². The SMILES string of the molecule is O=C(N[C@H]1CO[C@H]2[C@@H]1OC[C@@H]2n1cc(CC2CCCCC2)nn1)C1=NC=NC1. The van der Waals surface area contributed by atoms with Crippen molar-refractivity contribution in [3.05, 3.63) is 11.9 Å². The van der Waals surface area contributed by atoms with Crippen molar-refractivity contribution in [3.63, 3.8) is 0 Å². The first kappa shape index (κ1) is 17.9. The summed E-state index contributed by atoms with van der Waals surface area (Å²) in [4.78, 5) is 20.2. The van der Waals surface area contributed by atoms with E-state index in [1.807, 2.05) is 10.9 Å². The fourth-order valence-corrected chi connectivity index (χ4v) is 4.75. The zero-order valence-corrected chi connectivity index (χ0v) is 15.9. The van der Waals surface area contributed by atoms with E-state index in [4.69, 9.17) is 9.47 Å². The van der Waals surface area contributed by atoms with Crippen molar-refractivity contribution in [1.29, 1.82) is 0 Å². The molecule has 4 atom stereocenters. The molecule has 4 aliphatic rings. The minimum atomic E-state index is -0.200. The maximum atomic E-state index is 12.3. The van der Waals surface area contributed by atoms with Crippen LogP contribution in [0.3, 0.4) is 0 Å². The normalized spacial score (nSPS) is 32.5. The number of aromatic nitrogens is 3. The number of hydrogen-bond acceptors (Lipinski definition) is 7. The molecule has 9 nitrogen and oxygen atoms in total. The van der Waals surface area contributed by atoms with Gasteiger partial charge in [-0.15, -0.1) is 5.10 Å². The third-order valence-corrected chi connectivity index (χ3v) is 6.26. The molecule has 1 aromatic heterocycles. The summed E-state index contributed by atoms with van der Waals surface area (Å²) < 4.78 is 13.9. The van der Waals surface area contributed by atoms with E-state index in [1.54, 1.807) is 0 Å². The lowest BCUT2D eigenvalue weighted by atomic mass is 9.86. The largest absolute Gasteiger partial charge is 0.371 e. The molecule has 0 unspecified atom stereocenters. The van der Waals surface area contributed by atoms with E-state index in [2.05, 4.69) is 25.6 Å². The standard InChI is InChI=1S/C19H26N6O3/c26-19(14-7-20-11-21-14)22-15-9-27-18-16(10-28-17(15)18)25-8-13(23-24-25)6-12-4-2-1-3-5-12/h8,11-12,15-18H,1-7,9-10H2,(H,22,26)/t15-,16-,17+,18+/m0/s1. The van der Waals surface area contributed by atoms with Gasteiger partial charge in [0.15, 0.2) is 0 Å². The maximum absolute atomic E-state index is 12.3.